The summed E-state index contributed by atoms with van der Waals surface area (Å²) in [6.07, 6.45) is 0.844. The summed E-state index contributed by atoms with van der Waals surface area (Å²) in [6.45, 7) is 5.98. The standard InChI is InChI=1S/C3H6N4.C2H6.H2/c1-2-3-4-6-7-5-3;1-2;/h2H2,1H3,(H,4,5,6,7);1-2H3;1H. The predicted octanol–water partition coefficient (Wildman–Crippen LogP) is 1.03. The first-order valence-electron chi connectivity index (χ1n) is 3.16. The molecular formula is C5H14N4. The van der Waals surface area contributed by atoms with Crippen LogP contribution >= 0.6 is 0 Å². The molecule has 0 aliphatic heterocycles. The van der Waals surface area contributed by atoms with Crippen LogP contribution in [0.2, 0.25) is 0 Å². The van der Waals surface area contributed by atoms with E-state index in [2.05, 4.69) is 20.6 Å². The van der Waals surface area contributed by atoms with Crippen molar-refractivity contribution in [2.75, 3.05) is 0 Å². The Balaban J connectivity index is 0. The first-order chi connectivity index (χ1) is 4.43. The van der Waals surface area contributed by atoms with E-state index in [4.69, 9.17) is 0 Å². The van der Waals surface area contributed by atoms with Crippen LogP contribution in [0.3, 0.4) is 0 Å². The average molecular weight is 130 g/mol. The maximum Gasteiger partial charge on any atom is 0.174 e. The van der Waals surface area contributed by atoms with Gasteiger partial charge >= 0.3 is 0 Å². The molecule has 54 valence electrons. The Labute approximate surface area is 56.2 Å². The van der Waals surface area contributed by atoms with Crippen LogP contribution in [0.4, 0.5) is 0 Å². The zero-order valence-electron chi connectivity index (χ0n) is 6.05. The van der Waals surface area contributed by atoms with Crippen molar-refractivity contribution >= 4 is 0 Å². The molecule has 0 aromatic carbocycles. The van der Waals surface area contributed by atoms with Crippen molar-refractivity contribution in [1.82, 2.24) is 20.6 Å². The number of rotatable bonds is 1. The number of aryl methyl sites for hydroxylation is 1. The molecule has 0 radical (unpaired) electrons. The van der Waals surface area contributed by atoms with Gasteiger partial charge in [-0.1, -0.05) is 26.0 Å². The molecule has 1 heterocycles. The fraction of sp³-hybridized carbons (Fsp3) is 0.800. The largest absolute Gasteiger partial charge is 0.177 e. The Morgan fingerprint density at radius 3 is 2.44 bits per heavy atom. The molecule has 1 aromatic heterocycles. The lowest BCUT2D eigenvalue weighted by atomic mass is 10.5. The van der Waals surface area contributed by atoms with Crippen molar-refractivity contribution in [2.45, 2.75) is 27.2 Å². The molecule has 0 saturated heterocycles. The zero-order chi connectivity index (χ0) is 7.11. The van der Waals surface area contributed by atoms with E-state index in [9.17, 15) is 0 Å². The monoisotopic (exact) mass is 130 g/mol. The van der Waals surface area contributed by atoms with Gasteiger partial charge in [-0.05, 0) is 0 Å². The van der Waals surface area contributed by atoms with E-state index in [-0.39, 0.29) is 1.43 Å². The number of aromatic nitrogens is 4. The van der Waals surface area contributed by atoms with Crippen LogP contribution in [0.1, 0.15) is 28.0 Å². The normalized spacial score (nSPS) is 7.89. The van der Waals surface area contributed by atoms with E-state index in [0.29, 0.717) is 0 Å². The molecule has 4 heteroatoms. The Kier molecular flexibility index (Phi) is 4.67. The van der Waals surface area contributed by atoms with E-state index in [1.807, 2.05) is 20.8 Å². The summed E-state index contributed by atoms with van der Waals surface area (Å²) in [5, 5.41) is 13.1. The lowest BCUT2D eigenvalue weighted by Crippen LogP contribution is -1.80. The smallest absolute Gasteiger partial charge is 0.174 e. The SMILES string of the molecule is CC.CCc1nn[nH]n1.[HH]. The fourth-order valence-electron chi connectivity index (χ4n) is 0.332. The average Bonchev–Trinajstić information content (AvgIpc) is 2.43. The maximum absolute atomic E-state index is 3.69. The summed E-state index contributed by atoms with van der Waals surface area (Å²) in [5.41, 5.74) is 0. The second-order valence-corrected chi connectivity index (χ2v) is 1.18. The fourth-order valence-corrected chi connectivity index (χ4v) is 0.332. The van der Waals surface area contributed by atoms with Gasteiger partial charge < -0.3 is 0 Å². The minimum absolute atomic E-state index is 0. The van der Waals surface area contributed by atoms with Crippen LogP contribution in [0.25, 0.3) is 0 Å². The van der Waals surface area contributed by atoms with E-state index in [0.717, 1.165) is 12.2 Å². The molecule has 1 rings (SSSR count). The minimum Gasteiger partial charge on any atom is -0.177 e. The molecule has 0 amide bonds. The third-order valence-electron chi connectivity index (χ3n) is 0.705. The van der Waals surface area contributed by atoms with Gasteiger partial charge in [0.1, 0.15) is 0 Å². The van der Waals surface area contributed by atoms with Crippen LogP contribution in [-0.2, 0) is 6.42 Å². The van der Waals surface area contributed by atoms with Gasteiger partial charge in [-0.25, -0.2) is 0 Å². The van der Waals surface area contributed by atoms with Crippen molar-refractivity contribution in [3.05, 3.63) is 5.82 Å². The molecular weight excluding hydrogens is 116 g/mol. The summed E-state index contributed by atoms with van der Waals surface area (Å²) in [4.78, 5) is 0. The molecule has 1 aromatic rings. The summed E-state index contributed by atoms with van der Waals surface area (Å²) in [6, 6.07) is 0. The number of hydrogen-bond acceptors (Lipinski definition) is 3. The minimum atomic E-state index is 0. The molecule has 0 bridgehead atoms. The Hall–Kier alpha value is -0.930. The molecule has 0 saturated carbocycles. The molecule has 4 nitrogen and oxygen atoms in total. The summed E-state index contributed by atoms with van der Waals surface area (Å²) in [5.74, 6) is 0.764. The molecule has 0 atom stereocenters. The lowest BCUT2D eigenvalue weighted by molar-refractivity contribution is 0.881. The molecule has 0 aliphatic rings. The number of tetrazole rings is 1. The highest BCUT2D eigenvalue weighted by molar-refractivity contribution is 4.71. The van der Waals surface area contributed by atoms with Crippen molar-refractivity contribution in [2.24, 2.45) is 0 Å². The second kappa shape index (κ2) is 5.21. The number of H-pyrrole nitrogens is 1. The highest BCUT2D eigenvalue weighted by Crippen LogP contribution is 1.79. The molecule has 0 fully saturated rings. The third-order valence-corrected chi connectivity index (χ3v) is 0.705. The molecule has 0 unspecified atom stereocenters. The van der Waals surface area contributed by atoms with E-state index in [1.165, 1.54) is 0 Å². The topological polar surface area (TPSA) is 54.5 Å². The van der Waals surface area contributed by atoms with Crippen LogP contribution < -0.4 is 0 Å². The van der Waals surface area contributed by atoms with Gasteiger partial charge in [-0.15, -0.1) is 10.2 Å². The van der Waals surface area contributed by atoms with Crippen LogP contribution in [0.5, 0.6) is 0 Å². The summed E-state index contributed by atoms with van der Waals surface area (Å²) < 4.78 is 0. The third kappa shape index (κ3) is 2.79. The van der Waals surface area contributed by atoms with Gasteiger partial charge in [0.05, 0.1) is 0 Å². The van der Waals surface area contributed by atoms with Crippen LogP contribution in [0.15, 0.2) is 0 Å². The quantitative estimate of drug-likeness (QED) is 0.617. The molecule has 0 aliphatic carbocycles. The molecule has 0 spiro atoms. The molecule has 1 N–H and O–H groups in total. The first kappa shape index (κ1) is 8.07. The summed E-state index contributed by atoms with van der Waals surface area (Å²) >= 11 is 0. The van der Waals surface area contributed by atoms with E-state index in [1.54, 1.807) is 0 Å². The lowest BCUT2D eigenvalue weighted by Gasteiger charge is -1.72. The highest BCUT2D eigenvalue weighted by Gasteiger charge is 1.87. The van der Waals surface area contributed by atoms with Gasteiger partial charge in [0.25, 0.3) is 0 Å². The Morgan fingerprint density at radius 2 is 2.22 bits per heavy atom. The van der Waals surface area contributed by atoms with Gasteiger partial charge in [0, 0.05) is 7.85 Å². The van der Waals surface area contributed by atoms with Crippen molar-refractivity contribution in [3.8, 4) is 0 Å². The Morgan fingerprint density at radius 1 is 1.56 bits per heavy atom. The number of nitrogens with one attached hydrogen (secondary N) is 1. The van der Waals surface area contributed by atoms with E-state index >= 15 is 0 Å². The van der Waals surface area contributed by atoms with Crippen LogP contribution in [-0.4, -0.2) is 20.6 Å². The number of hydrogen-bond donors (Lipinski definition) is 1. The second-order valence-electron chi connectivity index (χ2n) is 1.18. The van der Waals surface area contributed by atoms with Gasteiger partial charge in [0.15, 0.2) is 5.82 Å². The molecule has 9 heavy (non-hydrogen) atoms. The zero-order valence-corrected chi connectivity index (χ0v) is 6.05. The van der Waals surface area contributed by atoms with Crippen molar-refractivity contribution < 1.29 is 1.43 Å². The highest BCUT2D eigenvalue weighted by atomic mass is 15.5. The summed E-state index contributed by atoms with van der Waals surface area (Å²) in [7, 11) is 0. The number of nitrogens with zero attached hydrogens (tertiary/aromatic N) is 3. The van der Waals surface area contributed by atoms with Gasteiger partial charge in [-0.3, -0.25) is 0 Å². The van der Waals surface area contributed by atoms with Crippen LogP contribution in [0, 0.1) is 0 Å². The predicted molar refractivity (Wildman–Crippen MR) is 37.0 cm³/mol. The van der Waals surface area contributed by atoms with Gasteiger partial charge in [0.2, 0.25) is 0 Å². The Bertz CT molecular complexity index is 128. The van der Waals surface area contributed by atoms with Crippen molar-refractivity contribution in [3.63, 3.8) is 0 Å². The van der Waals surface area contributed by atoms with Crippen molar-refractivity contribution in [1.29, 1.82) is 0 Å². The van der Waals surface area contributed by atoms with Gasteiger partial charge in [-0.2, -0.15) is 5.21 Å². The maximum atomic E-state index is 3.69. The number of aromatic amines is 1. The van der Waals surface area contributed by atoms with E-state index < -0.39 is 0 Å². The first-order valence-corrected chi connectivity index (χ1v) is 3.16.